The molecule has 1 fully saturated rings. The minimum absolute atomic E-state index is 0.393. The van der Waals surface area contributed by atoms with E-state index in [1.165, 1.54) is 24.1 Å². The van der Waals surface area contributed by atoms with Gasteiger partial charge in [-0.3, -0.25) is 0 Å². The fraction of sp³-hybridized carbons (Fsp3) is 0.571. The SMILES string of the molecule is CCC1CCCCN1c1nc(N)nc2sc(C)cc12. The standard InChI is InChI=1S/C14H20N4S/c1-3-10-6-4-5-7-18(10)12-11-8-9(2)19-13(11)17-14(15)16-12/h8,10H,3-7H2,1-2H3,(H2,15,16,17). The number of rotatable bonds is 2. The third-order valence-corrected chi connectivity index (χ3v) is 4.83. The number of nitrogen functional groups attached to an aromatic ring is 1. The van der Waals surface area contributed by atoms with Gasteiger partial charge in [-0.05, 0) is 38.7 Å². The van der Waals surface area contributed by atoms with Crippen LogP contribution in [0.15, 0.2) is 6.07 Å². The summed E-state index contributed by atoms with van der Waals surface area (Å²) < 4.78 is 0. The number of aryl methyl sites for hydroxylation is 1. The van der Waals surface area contributed by atoms with E-state index < -0.39 is 0 Å². The molecule has 0 radical (unpaired) electrons. The molecule has 0 saturated carbocycles. The van der Waals surface area contributed by atoms with Gasteiger partial charge in [0.2, 0.25) is 5.95 Å². The van der Waals surface area contributed by atoms with Crippen LogP contribution in [0.1, 0.15) is 37.5 Å². The highest BCUT2D eigenvalue weighted by Crippen LogP contribution is 2.34. The molecule has 1 aliphatic heterocycles. The van der Waals surface area contributed by atoms with Crippen molar-refractivity contribution >= 4 is 33.3 Å². The lowest BCUT2D eigenvalue weighted by atomic mass is 10.00. The van der Waals surface area contributed by atoms with Crippen LogP contribution < -0.4 is 10.6 Å². The van der Waals surface area contributed by atoms with Gasteiger partial charge in [0.1, 0.15) is 10.6 Å². The van der Waals surface area contributed by atoms with E-state index >= 15 is 0 Å². The molecule has 0 spiro atoms. The summed E-state index contributed by atoms with van der Waals surface area (Å²) in [7, 11) is 0. The van der Waals surface area contributed by atoms with Crippen LogP contribution in [0.5, 0.6) is 0 Å². The van der Waals surface area contributed by atoms with Gasteiger partial charge in [0, 0.05) is 17.5 Å². The molecule has 0 aliphatic carbocycles. The summed E-state index contributed by atoms with van der Waals surface area (Å²) in [6, 6.07) is 2.78. The van der Waals surface area contributed by atoms with Crippen LogP contribution in [0, 0.1) is 6.92 Å². The monoisotopic (exact) mass is 276 g/mol. The molecular formula is C14H20N4S. The molecule has 0 aromatic carbocycles. The van der Waals surface area contributed by atoms with Gasteiger partial charge >= 0.3 is 0 Å². The van der Waals surface area contributed by atoms with Crippen molar-refractivity contribution in [3.8, 4) is 0 Å². The average Bonchev–Trinajstić information content (AvgIpc) is 2.77. The lowest BCUT2D eigenvalue weighted by molar-refractivity contribution is 0.448. The molecule has 1 aliphatic rings. The molecule has 2 N–H and O–H groups in total. The molecule has 0 amide bonds. The van der Waals surface area contributed by atoms with Crippen LogP contribution in [0.4, 0.5) is 11.8 Å². The number of nitrogens with two attached hydrogens (primary N) is 1. The fourth-order valence-electron chi connectivity index (χ4n) is 2.97. The predicted octanol–water partition coefficient (Wildman–Crippen LogP) is 3.35. The lowest BCUT2D eigenvalue weighted by Crippen LogP contribution is -2.39. The molecular weight excluding hydrogens is 256 g/mol. The number of anilines is 2. The third kappa shape index (κ3) is 2.27. The van der Waals surface area contributed by atoms with Crippen LogP contribution in [0.2, 0.25) is 0 Å². The number of piperidine rings is 1. The Balaban J connectivity index is 2.12. The number of hydrogen-bond acceptors (Lipinski definition) is 5. The first-order valence-corrected chi connectivity index (χ1v) is 7.81. The average molecular weight is 276 g/mol. The highest BCUT2D eigenvalue weighted by Gasteiger charge is 2.24. The Morgan fingerprint density at radius 1 is 1.42 bits per heavy atom. The Morgan fingerprint density at radius 3 is 3.05 bits per heavy atom. The summed E-state index contributed by atoms with van der Waals surface area (Å²) in [6.07, 6.45) is 4.98. The van der Waals surface area contributed by atoms with Crippen LogP contribution in [-0.4, -0.2) is 22.6 Å². The maximum absolute atomic E-state index is 5.89. The van der Waals surface area contributed by atoms with Gasteiger partial charge in [-0.2, -0.15) is 4.98 Å². The maximum atomic E-state index is 5.89. The Bertz CT molecular complexity index is 592. The number of thiophene rings is 1. The predicted molar refractivity (Wildman–Crippen MR) is 81.8 cm³/mol. The summed E-state index contributed by atoms with van der Waals surface area (Å²) in [6.45, 7) is 5.45. The summed E-state index contributed by atoms with van der Waals surface area (Å²) in [4.78, 5) is 13.6. The van der Waals surface area contributed by atoms with Crippen molar-refractivity contribution in [2.75, 3.05) is 17.2 Å². The smallest absolute Gasteiger partial charge is 0.223 e. The van der Waals surface area contributed by atoms with E-state index in [9.17, 15) is 0 Å². The van der Waals surface area contributed by atoms with Crippen molar-refractivity contribution < 1.29 is 0 Å². The largest absolute Gasteiger partial charge is 0.368 e. The second-order valence-corrected chi connectivity index (χ2v) is 6.47. The van der Waals surface area contributed by atoms with Crippen molar-refractivity contribution in [1.29, 1.82) is 0 Å². The topological polar surface area (TPSA) is 55.0 Å². The minimum atomic E-state index is 0.393. The molecule has 2 aromatic heterocycles. The molecule has 1 saturated heterocycles. The Kier molecular flexibility index (Phi) is 3.31. The Morgan fingerprint density at radius 2 is 2.26 bits per heavy atom. The zero-order chi connectivity index (χ0) is 13.4. The second kappa shape index (κ2) is 4.96. The van der Waals surface area contributed by atoms with E-state index in [4.69, 9.17) is 5.73 Å². The van der Waals surface area contributed by atoms with Crippen LogP contribution in [-0.2, 0) is 0 Å². The summed E-state index contributed by atoms with van der Waals surface area (Å²) >= 11 is 1.70. The van der Waals surface area contributed by atoms with Crippen LogP contribution in [0.25, 0.3) is 10.2 Å². The van der Waals surface area contributed by atoms with Crippen molar-refractivity contribution in [3.63, 3.8) is 0 Å². The molecule has 4 nitrogen and oxygen atoms in total. The van der Waals surface area contributed by atoms with Gasteiger partial charge in [-0.1, -0.05) is 6.92 Å². The van der Waals surface area contributed by atoms with Gasteiger partial charge in [-0.25, -0.2) is 4.98 Å². The second-order valence-electron chi connectivity index (χ2n) is 5.23. The van der Waals surface area contributed by atoms with E-state index in [0.717, 1.165) is 29.0 Å². The van der Waals surface area contributed by atoms with Gasteiger partial charge in [-0.15, -0.1) is 11.3 Å². The lowest BCUT2D eigenvalue weighted by Gasteiger charge is -2.36. The molecule has 102 valence electrons. The Labute approximate surface area is 117 Å². The molecule has 3 rings (SSSR count). The maximum Gasteiger partial charge on any atom is 0.223 e. The third-order valence-electron chi connectivity index (χ3n) is 3.88. The molecule has 5 heteroatoms. The molecule has 2 aromatic rings. The van der Waals surface area contributed by atoms with Gasteiger partial charge in [0.25, 0.3) is 0 Å². The van der Waals surface area contributed by atoms with Gasteiger partial charge < -0.3 is 10.6 Å². The highest BCUT2D eigenvalue weighted by atomic mass is 32.1. The quantitative estimate of drug-likeness (QED) is 0.914. The molecule has 3 heterocycles. The van der Waals surface area contributed by atoms with Crippen molar-refractivity contribution in [2.45, 2.75) is 45.6 Å². The zero-order valence-electron chi connectivity index (χ0n) is 11.5. The van der Waals surface area contributed by atoms with Crippen molar-refractivity contribution in [1.82, 2.24) is 9.97 Å². The van der Waals surface area contributed by atoms with E-state index in [2.05, 4.69) is 34.8 Å². The number of fused-ring (bicyclic) bond motifs is 1. The molecule has 0 bridgehead atoms. The molecule has 1 unspecified atom stereocenters. The van der Waals surface area contributed by atoms with Crippen LogP contribution >= 0.6 is 11.3 Å². The van der Waals surface area contributed by atoms with Crippen molar-refractivity contribution in [2.24, 2.45) is 0 Å². The number of nitrogens with zero attached hydrogens (tertiary/aromatic N) is 3. The van der Waals surface area contributed by atoms with E-state index in [0.29, 0.717) is 12.0 Å². The summed E-state index contributed by atoms with van der Waals surface area (Å²) in [5.41, 5.74) is 5.89. The fourth-order valence-corrected chi connectivity index (χ4v) is 3.85. The van der Waals surface area contributed by atoms with Gasteiger partial charge in [0.05, 0.1) is 5.39 Å². The van der Waals surface area contributed by atoms with Crippen molar-refractivity contribution in [3.05, 3.63) is 10.9 Å². The van der Waals surface area contributed by atoms with E-state index in [-0.39, 0.29) is 0 Å². The molecule has 19 heavy (non-hydrogen) atoms. The van der Waals surface area contributed by atoms with E-state index in [1.807, 2.05) is 0 Å². The van der Waals surface area contributed by atoms with E-state index in [1.54, 1.807) is 11.3 Å². The first-order valence-electron chi connectivity index (χ1n) is 6.99. The highest BCUT2D eigenvalue weighted by molar-refractivity contribution is 7.18. The normalized spacial score (nSPS) is 20.1. The van der Waals surface area contributed by atoms with Gasteiger partial charge in [0.15, 0.2) is 0 Å². The zero-order valence-corrected chi connectivity index (χ0v) is 12.3. The molecule has 1 atom stereocenters. The number of aromatic nitrogens is 2. The summed E-state index contributed by atoms with van der Waals surface area (Å²) in [5, 5.41) is 1.16. The van der Waals surface area contributed by atoms with Crippen LogP contribution in [0.3, 0.4) is 0 Å². The Hall–Kier alpha value is -1.36. The number of hydrogen-bond donors (Lipinski definition) is 1. The first kappa shape index (κ1) is 12.7. The summed E-state index contributed by atoms with van der Waals surface area (Å²) in [5.74, 6) is 1.43. The minimum Gasteiger partial charge on any atom is -0.368 e. The first-order chi connectivity index (χ1) is 9.19.